The van der Waals surface area contributed by atoms with Gasteiger partial charge in [0.15, 0.2) is 11.5 Å². The second kappa shape index (κ2) is 6.17. The van der Waals surface area contributed by atoms with Crippen LogP contribution in [0, 0.1) is 0 Å². The standard InChI is InChI=1S/C19H19NO4/c1-2-22-19(21)18-17(20(18)11-13-6-4-3-5-7-13)14-8-9-15-16(10-14)24-12-23-15/h3-10,17-18H,2,11-12H2,1H3/t17-,18-,20?/m1/s1. The second-order valence-corrected chi connectivity index (χ2v) is 5.91. The molecule has 2 aliphatic rings. The van der Waals surface area contributed by atoms with Crippen LogP contribution in [0.5, 0.6) is 11.5 Å². The van der Waals surface area contributed by atoms with Crippen molar-refractivity contribution in [3.05, 3.63) is 59.7 Å². The molecule has 0 aliphatic carbocycles. The first-order valence-corrected chi connectivity index (χ1v) is 8.14. The van der Waals surface area contributed by atoms with E-state index in [2.05, 4.69) is 17.0 Å². The minimum absolute atomic E-state index is 0.0127. The van der Waals surface area contributed by atoms with Crippen molar-refractivity contribution in [1.29, 1.82) is 0 Å². The van der Waals surface area contributed by atoms with Gasteiger partial charge in [0.25, 0.3) is 0 Å². The first-order chi connectivity index (χ1) is 11.8. The summed E-state index contributed by atoms with van der Waals surface area (Å²) in [6.07, 6.45) is 0. The molecule has 5 heteroatoms. The Labute approximate surface area is 140 Å². The predicted molar refractivity (Wildman–Crippen MR) is 87.7 cm³/mol. The molecule has 0 saturated carbocycles. The Bertz CT molecular complexity index is 746. The van der Waals surface area contributed by atoms with E-state index < -0.39 is 0 Å². The van der Waals surface area contributed by atoms with Crippen LogP contribution in [0.1, 0.15) is 24.1 Å². The molecule has 0 radical (unpaired) electrons. The van der Waals surface area contributed by atoms with Crippen molar-refractivity contribution in [3.8, 4) is 11.5 Å². The topological polar surface area (TPSA) is 47.8 Å². The van der Waals surface area contributed by atoms with Gasteiger partial charge >= 0.3 is 5.97 Å². The number of esters is 1. The first kappa shape index (κ1) is 15.0. The summed E-state index contributed by atoms with van der Waals surface area (Å²) in [5.74, 6) is 1.32. The summed E-state index contributed by atoms with van der Waals surface area (Å²) in [5, 5.41) is 0. The van der Waals surface area contributed by atoms with Crippen molar-refractivity contribution in [1.82, 2.24) is 4.90 Å². The zero-order valence-corrected chi connectivity index (χ0v) is 13.5. The zero-order chi connectivity index (χ0) is 16.5. The van der Waals surface area contributed by atoms with Gasteiger partial charge in [-0.2, -0.15) is 0 Å². The zero-order valence-electron chi connectivity index (χ0n) is 13.5. The van der Waals surface area contributed by atoms with Gasteiger partial charge in [-0.05, 0) is 30.2 Å². The Balaban J connectivity index is 1.58. The molecule has 1 saturated heterocycles. The largest absolute Gasteiger partial charge is 0.465 e. The Morgan fingerprint density at radius 3 is 2.75 bits per heavy atom. The fourth-order valence-corrected chi connectivity index (χ4v) is 3.23. The minimum atomic E-state index is -0.245. The summed E-state index contributed by atoms with van der Waals surface area (Å²) in [7, 11) is 0. The van der Waals surface area contributed by atoms with E-state index in [1.165, 1.54) is 5.56 Å². The highest BCUT2D eigenvalue weighted by molar-refractivity contribution is 5.81. The molecule has 5 nitrogen and oxygen atoms in total. The van der Waals surface area contributed by atoms with E-state index in [0.717, 1.165) is 17.1 Å². The molecule has 2 heterocycles. The summed E-state index contributed by atoms with van der Waals surface area (Å²) in [6, 6.07) is 15.8. The van der Waals surface area contributed by atoms with Crippen molar-refractivity contribution >= 4 is 5.97 Å². The number of hydrogen-bond acceptors (Lipinski definition) is 5. The molecular formula is C19H19NO4. The summed E-state index contributed by atoms with van der Waals surface area (Å²) < 4.78 is 16.1. The number of benzene rings is 2. The van der Waals surface area contributed by atoms with Gasteiger partial charge in [0.2, 0.25) is 6.79 Å². The number of ether oxygens (including phenoxy) is 3. The van der Waals surface area contributed by atoms with E-state index in [0.29, 0.717) is 13.2 Å². The molecule has 0 N–H and O–H groups in total. The minimum Gasteiger partial charge on any atom is -0.465 e. The highest BCUT2D eigenvalue weighted by atomic mass is 16.7. The lowest BCUT2D eigenvalue weighted by molar-refractivity contribution is -0.143. The van der Waals surface area contributed by atoms with Crippen LogP contribution in [0.15, 0.2) is 48.5 Å². The molecule has 2 aromatic rings. The van der Waals surface area contributed by atoms with E-state index in [4.69, 9.17) is 14.2 Å². The van der Waals surface area contributed by atoms with Gasteiger partial charge in [-0.25, -0.2) is 0 Å². The first-order valence-electron chi connectivity index (χ1n) is 8.14. The fourth-order valence-electron chi connectivity index (χ4n) is 3.23. The smallest absolute Gasteiger partial charge is 0.325 e. The highest BCUT2D eigenvalue weighted by Gasteiger charge is 2.54. The van der Waals surface area contributed by atoms with Crippen LogP contribution in [0.4, 0.5) is 0 Å². The van der Waals surface area contributed by atoms with Gasteiger partial charge in [-0.15, -0.1) is 0 Å². The Hall–Kier alpha value is -2.53. The van der Waals surface area contributed by atoms with Crippen LogP contribution in [-0.4, -0.2) is 30.3 Å². The molecule has 4 rings (SSSR count). The third-order valence-electron chi connectivity index (χ3n) is 4.40. The van der Waals surface area contributed by atoms with Crippen LogP contribution in [0.25, 0.3) is 0 Å². The Morgan fingerprint density at radius 2 is 1.96 bits per heavy atom. The molecule has 0 spiro atoms. The normalized spacial score (nSPS) is 23.8. The van der Waals surface area contributed by atoms with E-state index in [1.54, 1.807) is 0 Å². The fraction of sp³-hybridized carbons (Fsp3) is 0.316. The Morgan fingerprint density at radius 1 is 1.17 bits per heavy atom. The van der Waals surface area contributed by atoms with Crippen molar-refractivity contribution in [3.63, 3.8) is 0 Å². The third-order valence-corrected chi connectivity index (χ3v) is 4.40. The van der Waals surface area contributed by atoms with Crippen molar-refractivity contribution in [2.75, 3.05) is 13.4 Å². The van der Waals surface area contributed by atoms with Gasteiger partial charge < -0.3 is 14.2 Å². The van der Waals surface area contributed by atoms with E-state index in [-0.39, 0.29) is 24.8 Å². The lowest BCUT2D eigenvalue weighted by Gasteiger charge is -2.05. The molecule has 1 fully saturated rings. The number of carbonyl (C=O) groups excluding carboxylic acids is 1. The molecule has 2 aliphatic heterocycles. The van der Waals surface area contributed by atoms with Gasteiger partial charge in [0.05, 0.1) is 12.6 Å². The SMILES string of the molecule is CCOC(=O)[C@H]1[C@@H](c2ccc3c(c2)OCO3)N1Cc1ccccc1. The van der Waals surface area contributed by atoms with E-state index in [1.807, 2.05) is 43.3 Å². The molecule has 0 amide bonds. The van der Waals surface area contributed by atoms with Crippen LogP contribution < -0.4 is 9.47 Å². The molecule has 124 valence electrons. The highest BCUT2D eigenvalue weighted by Crippen LogP contribution is 2.47. The number of hydrogen-bond donors (Lipinski definition) is 0. The van der Waals surface area contributed by atoms with Gasteiger partial charge in [0.1, 0.15) is 6.04 Å². The number of rotatable bonds is 5. The van der Waals surface area contributed by atoms with Crippen molar-refractivity contribution < 1.29 is 19.0 Å². The summed E-state index contributed by atoms with van der Waals surface area (Å²) in [5.41, 5.74) is 2.23. The van der Waals surface area contributed by atoms with E-state index >= 15 is 0 Å². The van der Waals surface area contributed by atoms with Gasteiger partial charge in [0, 0.05) is 6.54 Å². The summed E-state index contributed by atoms with van der Waals surface area (Å²) in [4.78, 5) is 14.4. The number of carbonyl (C=O) groups is 1. The molecule has 3 atom stereocenters. The summed E-state index contributed by atoms with van der Waals surface area (Å²) in [6.45, 7) is 3.18. The average Bonchev–Trinajstić information content (AvgIpc) is 3.11. The Kier molecular flexibility index (Phi) is 3.86. The third kappa shape index (κ3) is 2.71. The van der Waals surface area contributed by atoms with Crippen LogP contribution >= 0.6 is 0 Å². The van der Waals surface area contributed by atoms with Crippen LogP contribution in [0.2, 0.25) is 0 Å². The molecule has 24 heavy (non-hydrogen) atoms. The predicted octanol–water partition coefficient (Wildman–Crippen LogP) is 2.90. The lowest BCUT2D eigenvalue weighted by atomic mass is 10.1. The van der Waals surface area contributed by atoms with E-state index in [9.17, 15) is 4.79 Å². The van der Waals surface area contributed by atoms with Crippen LogP contribution in [0.3, 0.4) is 0 Å². The maximum atomic E-state index is 12.3. The molecule has 2 aromatic carbocycles. The van der Waals surface area contributed by atoms with Crippen LogP contribution in [-0.2, 0) is 16.1 Å². The van der Waals surface area contributed by atoms with Gasteiger partial charge in [-0.1, -0.05) is 36.4 Å². The molecule has 0 bridgehead atoms. The lowest BCUT2D eigenvalue weighted by Crippen LogP contribution is -2.16. The second-order valence-electron chi connectivity index (χ2n) is 5.91. The maximum absolute atomic E-state index is 12.3. The van der Waals surface area contributed by atoms with Crippen molar-refractivity contribution in [2.24, 2.45) is 0 Å². The number of nitrogens with zero attached hydrogens (tertiary/aromatic N) is 1. The summed E-state index contributed by atoms with van der Waals surface area (Å²) >= 11 is 0. The average molecular weight is 325 g/mol. The quantitative estimate of drug-likeness (QED) is 0.625. The molecule has 1 unspecified atom stereocenters. The molecule has 0 aromatic heterocycles. The monoisotopic (exact) mass is 325 g/mol. The van der Waals surface area contributed by atoms with Crippen molar-refractivity contribution in [2.45, 2.75) is 25.6 Å². The molecular weight excluding hydrogens is 306 g/mol. The van der Waals surface area contributed by atoms with Gasteiger partial charge in [-0.3, -0.25) is 9.69 Å². The number of fused-ring (bicyclic) bond motifs is 1. The maximum Gasteiger partial charge on any atom is 0.325 e.